The molecule has 18 heavy (non-hydrogen) atoms. The van der Waals surface area contributed by atoms with E-state index >= 15 is 0 Å². The highest BCUT2D eigenvalue weighted by Crippen LogP contribution is 2.43. The van der Waals surface area contributed by atoms with E-state index in [2.05, 4.69) is 0 Å². The number of likely N-dealkylation sites (N-methyl/N-ethyl adjacent to an activating group) is 1. The van der Waals surface area contributed by atoms with Crippen molar-refractivity contribution in [1.82, 2.24) is 9.80 Å². The third-order valence-corrected chi connectivity index (χ3v) is 4.60. The summed E-state index contributed by atoms with van der Waals surface area (Å²) >= 11 is 0. The Hall–Kier alpha value is -1.10. The molecule has 0 spiro atoms. The van der Waals surface area contributed by atoms with Gasteiger partial charge in [0.05, 0.1) is 5.41 Å². The molecule has 102 valence electrons. The number of rotatable bonds is 2. The number of hydrogen-bond donors (Lipinski definition) is 1. The van der Waals surface area contributed by atoms with Gasteiger partial charge in [0.2, 0.25) is 11.8 Å². The van der Waals surface area contributed by atoms with Crippen molar-refractivity contribution >= 4 is 11.8 Å². The topological polar surface area (TPSA) is 66.6 Å². The molecule has 2 N–H and O–H groups in total. The van der Waals surface area contributed by atoms with Crippen molar-refractivity contribution in [2.75, 3.05) is 26.7 Å². The predicted molar refractivity (Wildman–Crippen MR) is 68.8 cm³/mol. The van der Waals surface area contributed by atoms with E-state index in [1.165, 1.54) is 0 Å². The summed E-state index contributed by atoms with van der Waals surface area (Å²) in [5.74, 6) is 0.0799. The Labute approximate surface area is 108 Å². The zero-order valence-electron chi connectivity index (χ0n) is 11.5. The lowest BCUT2D eigenvalue weighted by Gasteiger charge is -2.50. The molecule has 2 rings (SSSR count). The quantitative estimate of drug-likeness (QED) is 0.764. The molecule has 0 unspecified atom stereocenters. The van der Waals surface area contributed by atoms with Crippen LogP contribution in [0, 0.1) is 5.41 Å². The molecule has 2 fully saturated rings. The first-order valence-electron chi connectivity index (χ1n) is 6.63. The number of nitrogens with two attached hydrogens (primary N) is 1. The fourth-order valence-corrected chi connectivity index (χ4v) is 2.96. The van der Waals surface area contributed by atoms with E-state index < -0.39 is 11.0 Å². The van der Waals surface area contributed by atoms with Crippen molar-refractivity contribution in [1.29, 1.82) is 0 Å². The molecule has 5 heteroatoms. The average molecular weight is 253 g/mol. The van der Waals surface area contributed by atoms with E-state index in [1.54, 1.807) is 16.8 Å². The highest BCUT2D eigenvalue weighted by molar-refractivity contribution is 5.94. The Morgan fingerprint density at radius 2 is 1.94 bits per heavy atom. The second-order valence-electron chi connectivity index (χ2n) is 6.08. The van der Waals surface area contributed by atoms with Gasteiger partial charge in [-0.3, -0.25) is 9.59 Å². The van der Waals surface area contributed by atoms with Gasteiger partial charge in [0, 0.05) is 26.7 Å². The average Bonchev–Trinajstić information content (AvgIpc) is 2.25. The van der Waals surface area contributed by atoms with Crippen molar-refractivity contribution in [3.63, 3.8) is 0 Å². The molecule has 0 aromatic heterocycles. The van der Waals surface area contributed by atoms with Crippen LogP contribution in [0.15, 0.2) is 0 Å². The lowest BCUT2D eigenvalue weighted by molar-refractivity contribution is -0.166. The van der Waals surface area contributed by atoms with Crippen molar-refractivity contribution in [3.8, 4) is 0 Å². The maximum atomic E-state index is 12.7. The molecule has 2 aliphatic rings. The second kappa shape index (κ2) is 4.23. The number of nitrogens with zero attached hydrogens (tertiary/aromatic N) is 2. The molecule has 0 atom stereocenters. The summed E-state index contributed by atoms with van der Waals surface area (Å²) in [5.41, 5.74) is 4.64. The molecule has 0 aromatic rings. The van der Waals surface area contributed by atoms with Gasteiger partial charge in [-0.05, 0) is 26.7 Å². The van der Waals surface area contributed by atoms with Crippen LogP contribution in [0.3, 0.4) is 0 Å². The third-order valence-electron chi connectivity index (χ3n) is 4.60. The molecule has 1 aliphatic carbocycles. The second-order valence-corrected chi connectivity index (χ2v) is 6.08. The number of carbonyl (C=O) groups excluding carboxylic acids is 2. The number of amides is 2. The van der Waals surface area contributed by atoms with Crippen LogP contribution in [0.5, 0.6) is 0 Å². The first-order valence-corrected chi connectivity index (χ1v) is 6.63. The van der Waals surface area contributed by atoms with Crippen molar-refractivity contribution < 1.29 is 9.59 Å². The van der Waals surface area contributed by atoms with E-state index in [0.717, 1.165) is 19.3 Å². The van der Waals surface area contributed by atoms with Crippen molar-refractivity contribution in [2.45, 2.75) is 38.6 Å². The van der Waals surface area contributed by atoms with Gasteiger partial charge in [0.1, 0.15) is 5.54 Å². The minimum atomic E-state index is -0.748. The fraction of sp³-hybridized carbons (Fsp3) is 0.846. The van der Waals surface area contributed by atoms with Crippen molar-refractivity contribution in [3.05, 3.63) is 0 Å². The Bertz CT molecular complexity index is 369. The molecule has 0 aromatic carbocycles. The van der Waals surface area contributed by atoms with Gasteiger partial charge in [0.15, 0.2) is 0 Å². The van der Waals surface area contributed by atoms with Gasteiger partial charge in [-0.1, -0.05) is 6.42 Å². The Kier molecular flexibility index (Phi) is 3.13. The summed E-state index contributed by atoms with van der Waals surface area (Å²) in [6.45, 7) is 5.25. The van der Waals surface area contributed by atoms with Crippen LogP contribution in [-0.2, 0) is 9.59 Å². The van der Waals surface area contributed by atoms with Crippen LogP contribution in [0.1, 0.15) is 33.1 Å². The number of carbonyl (C=O) groups is 2. The first kappa shape index (κ1) is 13.3. The van der Waals surface area contributed by atoms with Crippen LogP contribution in [0.4, 0.5) is 0 Å². The molecule has 0 radical (unpaired) electrons. The van der Waals surface area contributed by atoms with E-state index in [0.29, 0.717) is 19.6 Å². The van der Waals surface area contributed by atoms with Gasteiger partial charge in [0.25, 0.3) is 0 Å². The summed E-state index contributed by atoms with van der Waals surface area (Å²) in [6, 6.07) is 0. The summed E-state index contributed by atoms with van der Waals surface area (Å²) in [7, 11) is 1.79. The smallest absolute Gasteiger partial charge is 0.247 e. The molecular formula is C13H23N3O2. The molecule has 0 bridgehead atoms. The number of piperazine rings is 1. The van der Waals surface area contributed by atoms with Gasteiger partial charge < -0.3 is 15.5 Å². The normalized spacial score (nSPS) is 25.9. The third kappa shape index (κ3) is 1.72. The minimum Gasteiger partial charge on any atom is -0.342 e. The minimum absolute atomic E-state index is 0.00796. The largest absolute Gasteiger partial charge is 0.342 e. The molecule has 2 amide bonds. The van der Waals surface area contributed by atoms with E-state index in [1.807, 2.05) is 13.8 Å². The molecule has 1 heterocycles. The van der Waals surface area contributed by atoms with Crippen LogP contribution in [-0.4, -0.2) is 53.8 Å². The SMILES string of the molecule is CN1CCN(C(=O)C2(CN)CCC2)C(C)(C)C1=O. The first-order chi connectivity index (χ1) is 8.35. The monoisotopic (exact) mass is 253 g/mol. The van der Waals surface area contributed by atoms with Gasteiger partial charge in [-0.25, -0.2) is 0 Å². The molecule has 1 saturated heterocycles. The van der Waals surface area contributed by atoms with E-state index in [4.69, 9.17) is 5.73 Å². The van der Waals surface area contributed by atoms with Gasteiger partial charge in [-0.15, -0.1) is 0 Å². The Morgan fingerprint density at radius 3 is 2.39 bits per heavy atom. The maximum absolute atomic E-state index is 12.7. The van der Waals surface area contributed by atoms with Crippen LogP contribution < -0.4 is 5.73 Å². The Balaban J connectivity index is 2.23. The molecular weight excluding hydrogens is 230 g/mol. The lowest BCUT2D eigenvalue weighted by atomic mass is 9.67. The fourth-order valence-electron chi connectivity index (χ4n) is 2.96. The summed E-state index contributed by atoms with van der Waals surface area (Å²) < 4.78 is 0. The lowest BCUT2D eigenvalue weighted by Crippen LogP contribution is -2.67. The van der Waals surface area contributed by atoms with E-state index in [-0.39, 0.29) is 11.8 Å². The van der Waals surface area contributed by atoms with Gasteiger partial charge in [-0.2, -0.15) is 0 Å². The van der Waals surface area contributed by atoms with Crippen LogP contribution in [0.25, 0.3) is 0 Å². The maximum Gasteiger partial charge on any atom is 0.247 e. The van der Waals surface area contributed by atoms with Crippen LogP contribution >= 0.6 is 0 Å². The molecule has 1 saturated carbocycles. The highest BCUT2D eigenvalue weighted by Gasteiger charge is 2.51. The molecule has 5 nitrogen and oxygen atoms in total. The predicted octanol–water partition coefficient (Wildman–Crippen LogP) is 0.195. The van der Waals surface area contributed by atoms with E-state index in [9.17, 15) is 9.59 Å². The summed E-state index contributed by atoms with van der Waals surface area (Å²) in [6.07, 6.45) is 2.78. The van der Waals surface area contributed by atoms with Crippen LogP contribution in [0.2, 0.25) is 0 Å². The standard InChI is InChI=1S/C13H23N3O2/c1-12(2)10(17)15(3)7-8-16(12)11(18)13(9-14)5-4-6-13/h4-9,14H2,1-3H3. The Morgan fingerprint density at radius 1 is 1.33 bits per heavy atom. The zero-order chi connectivity index (χ0) is 13.6. The van der Waals surface area contributed by atoms with Gasteiger partial charge >= 0.3 is 0 Å². The summed E-state index contributed by atoms with van der Waals surface area (Å²) in [4.78, 5) is 28.3. The highest BCUT2D eigenvalue weighted by atomic mass is 16.2. The molecule has 1 aliphatic heterocycles. The van der Waals surface area contributed by atoms with Crippen molar-refractivity contribution in [2.24, 2.45) is 11.1 Å². The summed E-state index contributed by atoms with van der Waals surface area (Å²) in [5, 5.41) is 0. The number of hydrogen-bond acceptors (Lipinski definition) is 3. The zero-order valence-corrected chi connectivity index (χ0v) is 11.5.